The lowest BCUT2D eigenvalue weighted by atomic mass is 9.76. The Morgan fingerprint density at radius 1 is 0.795 bits per heavy atom. The second-order valence-corrected chi connectivity index (χ2v) is 9.63. The molecule has 194 valence electrons. The fourth-order valence-electron chi connectivity index (χ4n) is 5.40. The van der Waals surface area contributed by atoms with Crippen molar-refractivity contribution < 1.29 is 34.4 Å². The molecule has 0 aromatic heterocycles. The molecule has 0 aliphatic carbocycles. The van der Waals surface area contributed by atoms with Crippen molar-refractivity contribution in [3.63, 3.8) is 0 Å². The van der Waals surface area contributed by atoms with Gasteiger partial charge in [0.2, 0.25) is 0 Å². The molecule has 5 aromatic carbocycles. The first-order valence-corrected chi connectivity index (χ1v) is 12.5. The molecule has 39 heavy (non-hydrogen) atoms. The largest absolute Gasteiger partial charge is 0.507 e. The Morgan fingerprint density at radius 3 is 1.85 bits per heavy atom. The molecule has 0 saturated carbocycles. The molecule has 0 bridgehead atoms. The van der Waals surface area contributed by atoms with Crippen LogP contribution in [0.15, 0.2) is 91.0 Å². The van der Waals surface area contributed by atoms with Gasteiger partial charge in [0.05, 0.1) is 17.2 Å². The zero-order valence-corrected chi connectivity index (χ0v) is 20.9. The van der Waals surface area contributed by atoms with E-state index in [1.807, 2.05) is 36.4 Å². The molecule has 3 N–H and O–H groups in total. The monoisotopic (exact) mass is 520 g/mol. The van der Waals surface area contributed by atoms with E-state index in [9.17, 15) is 24.9 Å². The van der Waals surface area contributed by atoms with Crippen molar-refractivity contribution in [1.29, 1.82) is 0 Å². The number of rotatable bonds is 5. The number of esters is 2. The number of ether oxygens (including phenoxy) is 2. The van der Waals surface area contributed by atoms with Crippen LogP contribution in [0, 0.1) is 0 Å². The Labute approximate surface area is 223 Å². The molecule has 1 unspecified atom stereocenters. The van der Waals surface area contributed by atoms with Crippen LogP contribution < -0.4 is 0 Å². The predicted octanol–water partition coefficient (Wildman–Crippen LogP) is 5.40. The molecule has 7 nitrogen and oxygen atoms in total. The van der Waals surface area contributed by atoms with E-state index in [2.05, 4.69) is 0 Å². The van der Waals surface area contributed by atoms with Crippen molar-refractivity contribution in [3.8, 4) is 11.5 Å². The molecule has 1 aliphatic rings. The molecule has 6 rings (SSSR count). The number of fused-ring (bicyclic) bond motifs is 3. The smallest absolute Gasteiger partial charge is 0.340 e. The highest BCUT2D eigenvalue weighted by atomic mass is 16.6. The minimum Gasteiger partial charge on any atom is -0.507 e. The zero-order valence-electron chi connectivity index (χ0n) is 20.9. The number of hydrogen-bond acceptors (Lipinski definition) is 7. The van der Waals surface area contributed by atoms with Gasteiger partial charge in [-0.05, 0) is 54.1 Å². The van der Waals surface area contributed by atoms with E-state index < -0.39 is 23.6 Å². The second-order valence-electron chi connectivity index (χ2n) is 9.63. The number of aliphatic hydroxyl groups is 1. The molecule has 0 amide bonds. The Morgan fingerprint density at radius 2 is 1.31 bits per heavy atom. The fraction of sp³-hybridized carbons (Fsp3) is 0.125. The molecular weight excluding hydrogens is 496 g/mol. The third-order valence-corrected chi connectivity index (χ3v) is 7.12. The third kappa shape index (κ3) is 3.78. The number of hydrogen-bond donors (Lipinski definition) is 3. The summed E-state index contributed by atoms with van der Waals surface area (Å²) >= 11 is 0. The summed E-state index contributed by atoms with van der Waals surface area (Å²) < 4.78 is 11.5. The summed E-state index contributed by atoms with van der Waals surface area (Å²) in [6.07, 6.45) is -0.827. The highest BCUT2D eigenvalue weighted by molar-refractivity contribution is 6.03. The highest BCUT2D eigenvalue weighted by Crippen LogP contribution is 2.52. The van der Waals surface area contributed by atoms with Gasteiger partial charge in [-0.1, -0.05) is 54.6 Å². The van der Waals surface area contributed by atoms with Crippen molar-refractivity contribution in [1.82, 2.24) is 0 Å². The van der Waals surface area contributed by atoms with Crippen LogP contribution in [0.5, 0.6) is 11.5 Å². The van der Waals surface area contributed by atoms with Crippen LogP contribution in [-0.4, -0.2) is 40.0 Å². The summed E-state index contributed by atoms with van der Waals surface area (Å²) in [4.78, 5) is 26.2. The molecule has 0 fully saturated rings. The second kappa shape index (κ2) is 9.15. The zero-order chi connectivity index (χ0) is 27.3. The Kier molecular flexibility index (Phi) is 5.74. The number of phenols is 2. The van der Waals surface area contributed by atoms with E-state index in [0.717, 1.165) is 0 Å². The number of aliphatic hydroxyl groups excluding tert-OH is 1. The average Bonchev–Trinajstić information content (AvgIpc) is 3.24. The van der Waals surface area contributed by atoms with E-state index in [4.69, 9.17) is 9.47 Å². The molecule has 0 saturated heterocycles. The van der Waals surface area contributed by atoms with Gasteiger partial charge in [-0.3, -0.25) is 0 Å². The fourth-order valence-corrected chi connectivity index (χ4v) is 5.40. The topological polar surface area (TPSA) is 113 Å². The van der Waals surface area contributed by atoms with Gasteiger partial charge in [0, 0.05) is 27.5 Å². The third-order valence-electron chi connectivity index (χ3n) is 7.12. The molecule has 0 spiro atoms. The SMILES string of the molecule is CC(O)COC(=O)c1ccc2c(c1)C(=O)OC2(c1ccc(O)c2ccccc12)c1ccc(O)c2ccccc12. The summed E-state index contributed by atoms with van der Waals surface area (Å²) in [7, 11) is 0. The van der Waals surface area contributed by atoms with Gasteiger partial charge >= 0.3 is 11.9 Å². The van der Waals surface area contributed by atoms with E-state index in [1.54, 1.807) is 48.5 Å². The number of aromatic hydroxyl groups is 2. The first-order valence-electron chi connectivity index (χ1n) is 12.5. The van der Waals surface area contributed by atoms with Crippen LogP contribution in [-0.2, 0) is 15.1 Å². The van der Waals surface area contributed by atoms with Gasteiger partial charge in [-0.2, -0.15) is 0 Å². The number of carbonyl (C=O) groups is 2. The lowest BCUT2D eigenvalue weighted by Gasteiger charge is -2.32. The van der Waals surface area contributed by atoms with Crippen molar-refractivity contribution in [3.05, 3.63) is 119 Å². The van der Waals surface area contributed by atoms with Crippen LogP contribution in [0.3, 0.4) is 0 Å². The number of carbonyl (C=O) groups excluding carboxylic acids is 2. The molecule has 1 atom stereocenters. The minimum atomic E-state index is -1.46. The first-order chi connectivity index (χ1) is 18.8. The minimum absolute atomic E-state index is 0.0841. The number of cyclic esters (lactones) is 1. The van der Waals surface area contributed by atoms with Gasteiger partial charge in [0.1, 0.15) is 18.1 Å². The summed E-state index contributed by atoms with van der Waals surface area (Å²) in [5.74, 6) is -1.14. The summed E-state index contributed by atoms with van der Waals surface area (Å²) in [5, 5.41) is 33.3. The molecule has 1 heterocycles. The molecule has 0 radical (unpaired) electrons. The van der Waals surface area contributed by atoms with Crippen molar-refractivity contribution >= 4 is 33.5 Å². The van der Waals surface area contributed by atoms with E-state index in [1.165, 1.54) is 13.0 Å². The van der Waals surface area contributed by atoms with Gasteiger partial charge < -0.3 is 24.8 Å². The Bertz CT molecular complexity index is 1700. The molecule has 7 heteroatoms. The average molecular weight is 521 g/mol. The van der Waals surface area contributed by atoms with Crippen LogP contribution in [0.4, 0.5) is 0 Å². The maximum atomic E-state index is 13.6. The summed E-state index contributed by atoms with van der Waals surface area (Å²) in [6.45, 7) is 1.33. The highest BCUT2D eigenvalue weighted by Gasteiger charge is 2.50. The molecule has 5 aromatic rings. The van der Waals surface area contributed by atoms with Gasteiger partial charge in [-0.15, -0.1) is 0 Å². The Balaban J connectivity index is 1.67. The summed E-state index contributed by atoms with van der Waals surface area (Å²) in [6, 6.07) is 25.8. The lowest BCUT2D eigenvalue weighted by Crippen LogP contribution is -2.30. The summed E-state index contributed by atoms with van der Waals surface area (Å²) in [5.41, 5.74) is 0.608. The standard InChI is InChI=1S/C32H24O7/c1-18(33)17-38-30(36)19-10-11-27-24(16-19)31(37)39-32(27,25-12-14-28(34)22-8-4-2-6-20(22)25)26-13-15-29(35)23-9-5-3-7-21(23)26/h2-16,18,33-35H,17H2,1H3. The van der Waals surface area contributed by atoms with Gasteiger partial charge in [0.25, 0.3) is 0 Å². The predicted molar refractivity (Wildman–Crippen MR) is 145 cm³/mol. The van der Waals surface area contributed by atoms with Crippen LogP contribution in [0.1, 0.15) is 44.3 Å². The maximum absolute atomic E-state index is 13.6. The van der Waals surface area contributed by atoms with Crippen molar-refractivity contribution in [2.24, 2.45) is 0 Å². The van der Waals surface area contributed by atoms with Crippen LogP contribution in [0.2, 0.25) is 0 Å². The van der Waals surface area contributed by atoms with Gasteiger partial charge in [-0.25, -0.2) is 9.59 Å². The van der Waals surface area contributed by atoms with Crippen molar-refractivity contribution in [2.45, 2.75) is 18.6 Å². The molecule has 1 aliphatic heterocycles. The van der Waals surface area contributed by atoms with Crippen molar-refractivity contribution in [2.75, 3.05) is 6.61 Å². The maximum Gasteiger partial charge on any atom is 0.340 e. The van der Waals surface area contributed by atoms with Crippen LogP contribution in [0.25, 0.3) is 21.5 Å². The number of benzene rings is 5. The first kappa shape index (κ1) is 24.5. The van der Waals surface area contributed by atoms with E-state index in [0.29, 0.717) is 38.2 Å². The van der Waals surface area contributed by atoms with Crippen LogP contribution >= 0.6 is 0 Å². The van der Waals surface area contributed by atoms with E-state index in [-0.39, 0.29) is 29.2 Å². The lowest BCUT2D eigenvalue weighted by molar-refractivity contribution is 0.0260. The number of phenolic OH excluding ortho intramolecular Hbond substituents is 2. The quantitative estimate of drug-likeness (QED) is 0.266. The Hall–Kier alpha value is -4.88. The molecular formula is C32H24O7. The normalized spacial score (nSPS) is 14.7. The van der Waals surface area contributed by atoms with Gasteiger partial charge in [0.15, 0.2) is 5.60 Å². The van der Waals surface area contributed by atoms with E-state index >= 15 is 0 Å².